The fourth-order valence-electron chi connectivity index (χ4n) is 2.31. The highest BCUT2D eigenvalue weighted by Gasteiger charge is 2.42. The summed E-state index contributed by atoms with van der Waals surface area (Å²) < 4.78 is 50.9. The van der Waals surface area contributed by atoms with Crippen molar-refractivity contribution in [3.8, 4) is 0 Å². The number of carbonyl (C=O) groups excluding carboxylic acids is 1. The minimum Gasteiger partial charge on any atom is -0.351 e. The van der Waals surface area contributed by atoms with Crippen LogP contribution >= 0.6 is 0 Å². The highest BCUT2D eigenvalue weighted by molar-refractivity contribution is 5.81. The maximum atomic E-state index is 13.4. The van der Waals surface area contributed by atoms with Crippen LogP contribution in [0.15, 0.2) is 24.3 Å². The summed E-state index contributed by atoms with van der Waals surface area (Å²) >= 11 is 0. The molecule has 1 amide bonds. The van der Waals surface area contributed by atoms with Gasteiger partial charge in [0, 0.05) is 18.7 Å². The lowest BCUT2D eigenvalue weighted by atomic mass is 9.94. The second-order valence-electron chi connectivity index (χ2n) is 5.09. The van der Waals surface area contributed by atoms with Crippen LogP contribution in [0.1, 0.15) is 18.4 Å². The Morgan fingerprint density at radius 3 is 2.57 bits per heavy atom. The molecule has 3 nitrogen and oxygen atoms in total. The molecule has 1 aliphatic rings. The summed E-state index contributed by atoms with van der Waals surface area (Å²) in [6, 6.07) is 5.37. The van der Waals surface area contributed by atoms with E-state index < -0.39 is 29.9 Å². The van der Waals surface area contributed by atoms with Crippen molar-refractivity contribution in [2.24, 2.45) is 5.92 Å². The van der Waals surface area contributed by atoms with Crippen LogP contribution in [0.2, 0.25) is 0 Å². The number of carbonyl (C=O) groups is 1. The Morgan fingerprint density at radius 2 is 2.00 bits per heavy atom. The van der Waals surface area contributed by atoms with Crippen LogP contribution in [0.25, 0.3) is 0 Å². The Hall–Kier alpha value is -1.63. The van der Waals surface area contributed by atoms with Gasteiger partial charge < -0.3 is 10.6 Å². The SMILES string of the molecule is O=C(NCc1ccccc1F)C1CCC(C(F)(F)F)CN1. The molecule has 2 unspecified atom stereocenters. The fraction of sp³-hybridized carbons (Fsp3) is 0.500. The third kappa shape index (κ3) is 4.17. The third-order valence-electron chi connectivity index (χ3n) is 3.60. The van der Waals surface area contributed by atoms with Crippen molar-refractivity contribution in [3.63, 3.8) is 0 Å². The standard InChI is InChI=1S/C14H16F4N2O/c15-11-4-2-1-3-9(11)7-20-13(21)12-6-5-10(8-19-12)14(16,17)18/h1-4,10,12,19H,5-8H2,(H,20,21). The summed E-state index contributed by atoms with van der Waals surface area (Å²) in [4.78, 5) is 11.9. The fourth-order valence-corrected chi connectivity index (χ4v) is 2.31. The van der Waals surface area contributed by atoms with Crippen molar-refractivity contribution < 1.29 is 22.4 Å². The molecule has 0 aromatic heterocycles. The van der Waals surface area contributed by atoms with E-state index in [9.17, 15) is 22.4 Å². The lowest BCUT2D eigenvalue weighted by molar-refractivity contribution is -0.180. The van der Waals surface area contributed by atoms with Crippen molar-refractivity contribution in [2.45, 2.75) is 31.6 Å². The van der Waals surface area contributed by atoms with Crippen molar-refractivity contribution in [3.05, 3.63) is 35.6 Å². The number of rotatable bonds is 3. The second-order valence-corrected chi connectivity index (χ2v) is 5.09. The van der Waals surface area contributed by atoms with Gasteiger partial charge in [-0.2, -0.15) is 13.2 Å². The van der Waals surface area contributed by atoms with Crippen molar-refractivity contribution in [1.29, 1.82) is 0 Å². The van der Waals surface area contributed by atoms with Gasteiger partial charge in [0.15, 0.2) is 0 Å². The Labute approximate surface area is 119 Å². The first kappa shape index (κ1) is 15.8. The zero-order chi connectivity index (χ0) is 15.5. The predicted molar refractivity (Wildman–Crippen MR) is 68.8 cm³/mol. The number of halogens is 4. The van der Waals surface area contributed by atoms with Gasteiger partial charge >= 0.3 is 6.18 Å². The van der Waals surface area contributed by atoms with E-state index in [1.54, 1.807) is 18.2 Å². The van der Waals surface area contributed by atoms with Crippen LogP contribution in [-0.2, 0) is 11.3 Å². The molecule has 0 radical (unpaired) electrons. The van der Waals surface area contributed by atoms with E-state index >= 15 is 0 Å². The van der Waals surface area contributed by atoms with Gasteiger partial charge in [-0.15, -0.1) is 0 Å². The summed E-state index contributed by atoms with van der Waals surface area (Å²) in [5.41, 5.74) is 0.342. The molecule has 2 atom stereocenters. The molecule has 116 valence electrons. The first-order valence-electron chi connectivity index (χ1n) is 6.69. The highest BCUT2D eigenvalue weighted by Crippen LogP contribution is 2.31. The molecule has 1 aromatic carbocycles. The number of alkyl halides is 3. The molecule has 1 aliphatic heterocycles. The molecule has 21 heavy (non-hydrogen) atoms. The van der Waals surface area contributed by atoms with Gasteiger partial charge in [-0.25, -0.2) is 4.39 Å². The van der Waals surface area contributed by atoms with Crippen LogP contribution in [0.4, 0.5) is 17.6 Å². The number of nitrogens with one attached hydrogen (secondary N) is 2. The third-order valence-corrected chi connectivity index (χ3v) is 3.60. The number of benzene rings is 1. The van der Waals surface area contributed by atoms with E-state index in [0.717, 1.165) is 0 Å². The van der Waals surface area contributed by atoms with Crippen LogP contribution in [-0.4, -0.2) is 24.7 Å². The average molecular weight is 304 g/mol. The molecule has 1 aromatic rings. The van der Waals surface area contributed by atoms with E-state index in [1.165, 1.54) is 6.07 Å². The number of hydrogen-bond acceptors (Lipinski definition) is 2. The lowest BCUT2D eigenvalue weighted by Gasteiger charge is -2.30. The topological polar surface area (TPSA) is 41.1 Å². The van der Waals surface area contributed by atoms with Gasteiger partial charge in [0.25, 0.3) is 0 Å². The van der Waals surface area contributed by atoms with Gasteiger partial charge in [0.05, 0.1) is 12.0 Å². The zero-order valence-electron chi connectivity index (χ0n) is 11.2. The molecular formula is C14H16F4N2O. The van der Waals surface area contributed by atoms with Crippen LogP contribution < -0.4 is 10.6 Å². The molecule has 0 spiro atoms. The van der Waals surface area contributed by atoms with E-state index in [0.29, 0.717) is 5.56 Å². The molecule has 7 heteroatoms. The van der Waals surface area contributed by atoms with Crippen LogP contribution in [0, 0.1) is 11.7 Å². The van der Waals surface area contributed by atoms with Gasteiger partial charge in [0.2, 0.25) is 5.91 Å². The second kappa shape index (κ2) is 6.43. The summed E-state index contributed by atoms with van der Waals surface area (Å²) in [7, 11) is 0. The average Bonchev–Trinajstić information content (AvgIpc) is 2.45. The summed E-state index contributed by atoms with van der Waals surface area (Å²) in [5.74, 6) is -2.24. The van der Waals surface area contributed by atoms with E-state index in [-0.39, 0.29) is 25.9 Å². The lowest BCUT2D eigenvalue weighted by Crippen LogP contribution is -2.51. The maximum absolute atomic E-state index is 13.4. The number of piperidine rings is 1. The molecule has 0 bridgehead atoms. The Kier molecular flexibility index (Phi) is 4.82. The van der Waals surface area contributed by atoms with E-state index in [1.807, 2.05) is 0 Å². The van der Waals surface area contributed by atoms with E-state index in [2.05, 4.69) is 10.6 Å². The Balaban J connectivity index is 1.82. The molecule has 1 heterocycles. The Morgan fingerprint density at radius 1 is 1.29 bits per heavy atom. The zero-order valence-corrected chi connectivity index (χ0v) is 11.2. The molecule has 1 saturated heterocycles. The molecule has 2 N–H and O–H groups in total. The predicted octanol–water partition coefficient (Wildman–Crippen LogP) is 2.37. The molecular weight excluding hydrogens is 288 g/mol. The minimum atomic E-state index is -4.23. The van der Waals surface area contributed by atoms with Gasteiger partial charge in [-0.3, -0.25) is 4.79 Å². The maximum Gasteiger partial charge on any atom is 0.393 e. The first-order valence-corrected chi connectivity index (χ1v) is 6.69. The van der Waals surface area contributed by atoms with Crippen molar-refractivity contribution >= 4 is 5.91 Å². The normalized spacial score (nSPS) is 22.9. The van der Waals surface area contributed by atoms with Crippen LogP contribution in [0.3, 0.4) is 0 Å². The van der Waals surface area contributed by atoms with Crippen LogP contribution in [0.5, 0.6) is 0 Å². The number of hydrogen-bond donors (Lipinski definition) is 2. The van der Waals surface area contributed by atoms with Crippen molar-refractivity contribution in [1.82, 2.24) is 10.6 Å². The van der Waals surface area contributed by atoms with Gasteiger partial charge in [-0.05, 0) is 18.9 Å². The van der Waals surface area contributed by atoms with Gasteiger partial charge in [-0.1, -0.05) is 18.2 Å². The quantitative estimate of drug-likeness (QED) is 0.842. The summed E-state index contributed by atoms with van der Waals surface area (Å²) in [5, 5.41) is 5.14. The van der Waals surface area contributed by atoms with E-state index in [4.69, 9.17) is 0 Å². The monoisotopic (exact) mass is 304 g/mol. The number of amides is 1. The molecule has 2 rings (SSSR count). The first-order chi connectivity index (χ1) is 9.88. The largest absolute Gasteiger partial charge is 0.393 e. The highest BCUT2D eigenvalue weighted by atomic mass is 19.4. The molecule has 0 aliphatic carbocycles. The Bertz CT molecular complexity index is 496. The minimum absolute atomic E-state index is 0.0202. The smallest absolute Gasteiger partial charge is 0.351 e. The summed E-state index contributed by atoms with van der Waals surface area (Å²) in [6.07, 6.45) is -4.19. The molecule has 0 saturated carbocycles. The van der Waals surface area contributed by atoms with Gasteiger partial charge in [0.1, 0.15) is 5.82 Å². The van der Waals surface area contributed by atoms with Crippen molar-refractivity contribution in [2.75, 3.05) is 6.54 Å². The molecule has 1 fully saturated rings. The summed E-state index contributed by atoms with van der Waals surface area (Å²) in [6.45, 7) is -0.242.